The zero-order chi connectivity index (χ0) is 41.8. The summed E-state index contributed by atoms with van der Waals surface area (Å²) in [6, 6.07) is 15.7. The first-order valence-electron chi connectivity index (χ1n) is 21.6. The molecule has 0 spiro atoms. The Kier molecular flexibility index (Phi) is 16.2. The third kappa shape index (κ3) is 11.2. The molecule has 2 aromatic carbocycles. The molecule has 2 aromatic rings. The van der Waals surface area contributed by atoms with Gasteiger partial charge >= 0.3 is 6.09 Å². The maximum Gasteiger partial charge on any atom is 0.410 e. The number of rotatable bonds is 20. The second-order valence-corrected chi connectivity index (χ2v) is 18.6. The van der Waals surface area contributed by atoms with Gasteiger partial charge in [0.1, 0.15) is 17.5 Å². The number of unbranched alkanes of at least 4 members (excludes halogenated alkanes) is 2. The van der Waals surface area contributed by atoms with Gasteiger partial charge in [-0.25, -0.2) is 4.79 Å². The number of hydrogen-bond donors (Lipinski definition) is 2. The Bertz CT molecular complexity index is 1730. The average Bonchev–Trinajstić information content (AvgIpc) is 3.24. The number of nitrogens with zero attached hydrogens (tertiary/aromatic N) is 2. The average molecular weight is 835 g/mol. The van der Waals surface area contributed by atoms with Crippen molar-refractivity contribution in [2.75, 3.05) is 52.4 Å². The highest BCUT2D eigenvalue weighted by molar-refractivity contribution is 7.99. The van der Waals surface area contributed by atoms with E-state index in [-0.39, 0.29) is 56.0 Å². The lowest BCUT2D eigenvalue weighted by Gasteiger charge is -2.59. The van der Waals surface area contributed by atoms with Crippen LogP contribution in [0.2, 0.25) is 0 Å². The first-order valence-corrected chi connectivity index (χ1v) is 22.6. The summed E-state index contributed by atoms with van der Waals surface area (Å²) in [7, 11) is 1.75. The fourth-order valence-electron chi connectivity index (χ4n) is 9.08. The maximum absolute atomic E-state index is 14.1. The molecule has 324 valence electrons. The number of oxime groups is 1. The van der Waals surface area contributed by atoms with Gasteiger partial charge in [0.15, 0.2) is 0 Å². The molecule has 11 nitrogen and oxygen atoms in total. The molecule has 1 amide bonds. The van der Waals surface area contributed by atoms with Crippen molar-refractivity contribution < 1.29 is 43.5 Å². The molecule has 7 unspecified atom stereocenters. The van der Waals surface area contributed by atoms with E-state index in [0.717, 1.165) is 73.3 Å². The molecule has 0 radical (unpaired) electrons. The van der Waals surface area contributed by atoms with Gasteiger partial charge in [0.25, 0.3) is 0 Å². The molecule has 2 heterocycles. The molecule has 2 aliphatic heterocycles. The van der Waals surface area contributed by atoms with Crippen molar-refractivity contribution in [1.29, 1.82) is 0 Å². The van der Waals surface area contributed by atoms with E-state index in [1.54, 1.807) is 29.8 Å². The molecule has 0 aromatic heterocycles. The number of allylic oxidation sites excluding steroid dienone is 1. The molecule has 2 fully saturated rings. The van der Waals surface area contributed by atoms with Crippen molar-refractivity contribution in [1.82, 2.24) is 4.90 Å². The van der Waals surface area contributed by atoms with Gasteiger partial charge in [0.05, 0.1) is 38.1 Å². The SMILES string of the molecule is C=CCOC12Oc3ccc(OCCSc4ccccc4)cc3C3C(CCCCO)C(CCCCO)C=C(C(=NOC4CCCCO4)CC1N(C)C(=O)OCC(C)(C)C)C32. The quantitative estimate of drug-likeness (QED) is 0.0577. The predicted octanol–water partition coefficient (Wildman–Crippen LogP) is 9.13. The number of benzene rings is 2. The maximum atomic E-state index is 14.1. The zero-order valence-corrected chi connectivity index (χ0v) is 36.3. The van der Waals surface area contributed by atoms with E-state index in [9.17, 15) is 15.0 Å². The van der Waals surface area contributed by atoms with Crippen LogP contribution in [0.15, 0.2) is 82.9 Å². The Morgan fingerprint density at radius 1 is 1.07 bits per heavy atom. The standard InChI is InChI=1S/C47H66N2O9S/c1-6-25-56-47-41(49(5)45(52)55-32-46(2,3)4)31-39(48-58-42-20-12-15-26-54-42)37-29-33(16-10-13-23-50)36(19-11-14-24-51)43(44(37)47)38-30-34(21-22-40(38)57-47)53-27-28-59-35-17-8-7-9-18-35/h6-9,17-18,21-22,29-30,33,36,41-44,50-51H,1,10-16,19-20,23-28,31-32H2,2-5H3. The number of amides is 1. The monoisotopic (exact) mass is 834 g/mol. The molecular formula is C47H66N2O9S. The summed E-state index contributed by atoms with van der Waals surface area (Å²) in [4.78, 5) is 23.1. The highest BCUT2D eigenvalue weighted by Crippen LogP contribution is 2.62. The first-order chi connectivity index (χ1) is 28.6. The van der Waals surface area contributed by atoms with Crippen LogP contribution in [0.25, 0.3) is 0 Å². The fraction of sp³-hybridized carbons (Fsp3) is 0.617. The van der Waals surface area contributed by atoms with E-state index in [2.05, 4.69) is 30.9 Å². The number of carbonyl (C=O) groups is 1. The fourth-order valence-corrected chi connectivity index (χ4v) is 9.83. The van der Waals surface area contributed by atoms with Crippen molar-refractivity contribution in [3.63, 3.8) is 0 Å². The molecule has 59 heavy (non-hydrogen) atoms. The van der Waals surface area contributed by atoms with Crippen molar-refractivity contribution in [3.05, 3.63) is 78.4 Å². The summed E-state index contributed by atoms with van der Waals surface area (Å²) in [6.45, 7) is 11.9. The third-order valence-electron chi connectivity index (χ3n) is 11.8. The molecule has 2 aliphatic carbocycles. The van der Waals surface area contributed by atoms with Crippen LogP contribution in [0.3, 0.4) is 0 Å². The minimum absolute atomic E-state index is 0.105. The Hall–Kier alpha value is -3.55. The number of aliphatic hydroxyl groups is 2. The van der Waals surface area contributed by atoms with E-state index in [4.69, 9.17) is 33.7 Å². The molecule has 1 saturated heterocycles. The smallest absolute Gasteiger partial charge is 0.410 e. The lowest BCUT2D eigenvalue weighted by atomic mass is 9.55. The van der Waals surface area contributed by atoms with Crippen LogP contribution in [0, 0.1) is 23.2 Å². The van der Waals surface area contributed by atoms with Crippen LogP contribution in [-0.2, 0) is 19.0 Å². The third-order valence-corrected chi connectivity index (χ3v) is 12.8. The number of fused-ring (bicyclic) bond motifs is 2. The molecule has 7 atom stereocenters. The normalized spacial score (nSPS) is 26.8. The van der Waals surface area contributed by atoms with Gasteiger partial charge in [-0.05, 0) is 91.7 Å². The van der Waals surface area contributed by atoms with Crippen LogP contribution in [0.1, 0.15) is 96.5 Å². The van der Waals surface area contributed by atoms with Gasteiger partial charge in [0.2, 0.25) is 12.1 Å². The second-order valence-electron chi connectivity index (χ2n) is 17.4. The molecule has 1 saturated carbocycles. The van der Waals surface area contributed by atoms with Crippen LogP contribution >= 0.6 is 11.8 Å². The number of likely N-dealkylation sites (N-methyl/N-ethyl adjacent to an activating group) is 1. The first kappa shape index (κ1) is 45.0. The van der Waals surface area contributed by atoms with Gasteiger partial charge in [-0.15, -0.1) is 18.3 Å². The zero-order valence-electron chi connectivity index (χ0n) is 35.5. The molecular weight excluding hydrogens is 769 g/mol. The lowest BCUT2D eigenvalue weighted by Crippen LogP contribution is -2.69. The summed E-state index contributed by atoms with van der Waals surface area (Å²) in [6.07, 6.45) is 10.9. The van der Waals surface area contributed by atoms with Gasteiger partial charge in [-0.3, -0.25) is 0 Å². The highest BCUT2D eigenvalue weighted by atomic mass is 32.2. The Morgan fingerprint density at radius 2 is 1.85 bits per heavy atom. The second kappa shape index (κ2) is 21.3. The minimum Gasteiger partial charge on any atom is -0.493 e. The summed E-state index contributed by atoms with van der Waals surface area (Å²) in [5.41, 5.74) is 2.48. The number of ether oxygens (including phenoxy) is 5. The number of hydrogen-bond acceptors (Lipinski definition) is 11. The number of carbonyl (C=O) groups excluding carboxylic acids is 1. The van der Waals surface area contributed by atoms with Crippen molar-refractivity contribution in [2.45, 2.75) is 114 Å². The summed E-state index contributed by atoms with van der Waals surface area (Å²) in [5, 5.41) is 24.7. The van der Waals surface area contributed by atoms with Crippen LogP contribution in [-0.4, -0.2) is 97.5 Å². The Morgan fingerprint density at radius 3 is 2.56 bits per heavy atom. The van der Waals surface area contributed by atoms with Gasteiger partial charge < -0.3 is 43.6 Å². The topological polar surface area (TPSA) is 129 Å². The van der Waals surface area contributed by atoms with Crippen molar-refractivity contribution in [2.24, 2.45) is 28.3 Å². The van der Waals surface area contributed by atoms with Gasteiger partial charge in [-0.1, -0.05) is 69.1 Å². The van der Waals surface area contributed by atoms with Crippen LogP contribution < -0.4 is 9.47 Å². The summed E-state index contributed by atoms with van der Waals surface area (Å²) in [5.74, 6) is 0.520. The minimum atomic E-state index is -1.35. The molecule has 2 N–H and O–H groups in total. The predicted molar refractivity (Wildman–Crippen MR) is 231 cm³/mol. The summed E-state index contributed by atoms with van der Waals surface area (Å²) >= 11 is 1.75. The Labute approximate surface area is 355 Å². The lowest BCUT2D eigenvalue weighted by molar-refractivity contribution is -0.254. The van der Waals surface area contributed by atoms with E-state index < -0.39 is 30.1 Å². The van der Waals surface area contributed by atoms with E-state index >= 15 is 0 Å². The number of thioether (sulfide) groups is 1. The van der Waals surface area contributed by atoms with Crippen molar-refractivity contribution in [3.8, 4) is 11.5 Å². The largest absolute Gasteiger partial charge is 0.493 e. The Balaban J connectivity index is 1.47. The van der Waals surface area contributed by atoms with E-state index in [0.29, 0.717) is 31.8 Å². The highest BCUT2D eigenvalue weighted by Gasteiger charge is 2.65. The number of aliphatic hydroxyl groups excluding tert-OH is 2. The van der Waals surface area contributed by atoms with E-state index in [1.165, 1.54) is 4.90 Å². The van der Waals surface area contributed by atoms with Gasteiger partial charge in [0, 0.05) is 55.2 Å². The summed E-state index contributed by atoms with van der Waals surface area (Å²) < 4.78 is 32.6. The molecule has 6 rings (SSSR count). The van der Waals surface area contributed by atoms with E-state index in [1.807, 2.05) is 51.1 Å². The molecule has 12 heteroatoms. The van der Waals surface area contributed by atoms with Crippen LogP contribution in [0.5, 0.6) is 11.5 Å². The van der Waals surface area contributed by atoms with Gasteiger partial charge in [-0.2, -0.15) is 0 Å². The molecule has 4 aliphatic rings. The molecule has 0 bridgehead atoms. The van der Waals surface area contributed by atoms with Crippen LogP contribution in [0.4, 0.5) is 4.79 Å². The van der Waals surface area contributed by atoms with Crippen molar-refractivity contribution >= 4 is 23.6 Å².